The Morgan fingerprint density at radius 3 is 2.62 bits per heavy atom. The van der Waals surface area contributed by atoms with E-state index in [1.54, 1.807) is 0 Å². The number of amides is 1. The predicted molar refractivity (Wildman–Crippen MR) is 60.7 cm³/mol. The van der Waals surface area contributed by atoms with E-state index in [9.17, 15) is 9.59 Å². The lowest BCUT2D eigenvalue weighted by Gasteiger charge is -2.11. The summed E-state index contributed by atoms with van der Waals surface area (Å²) in [6.45, 7) is 1.49. The number of nitrogens with two attached hydrogens (primary N) is 1. The minimum atomic E-state index is -1.16. The van der Waals surface area contributed by atoms with Crippen molar-refractivity contribution in [1.82, 2.24) is 0 Å². The van der Waals surface area contributed by atoms with Gasteiger partial charge in [-0.25, -0.2) is 4.79 Å². The molecule has 16 heavy (non-hydrogen) atoms. The largest absolute Gasteiger partial charge is 0.478 e. The molecule has 1 aromatic rings. The number of benzene rings is 1. The Balaban J connectivity index is 3.11. The summed E-state index contributed by atoms with van der Waals surface area (Å²) in [6, 6.07) is 3.60. The van der Waals surface area contributed by atoms with Crippen LogP contribution in [0.3, 0.4) is 0 Å². The summed E-state index contributed by atoms with van der Waals surface area (Å²) < 4.78 is 0. The molecule has 0 saturated heterocycles. The minimum absolute atomic E-state index is 0.0681. The van der Waals surface area contributed by atoms with Gasteiger partial charge >= 0.3 is 5.97 Å². The topological polar surface area (TPSA) is 92.4 Å². The van der Waals surface area contributed by atoms with Crippen LogP contribution in [0.25, 0.3) is 0 Å². The number of carboxylic acids is 1. The molecule has 0 heterocycles. The second kappa shape index (κ2) is 4.96. The highest BCUT2D eigenvalue weighted by Gasteiger charge is 2.16. The van der Waals surface area contributed by atoms with Crippen LogP contribution in [0.2, 0.25) is 5.02 Å². The number of nitrogens with one attached hydrogen (secondary N) is 1. The third kappa shape index (κ3) is 2.71. The van der Waals surface area contributed by atoms with Crippen molar-refractivity contribution in [2.75, 3.05) is 5.32 Å². The van der Waals surface area contributed by atoms with Crippen molar-refractivity contribution in [3.8, 4) is 0 Å². The van der Waals surface area contributed by atoms with Gasteiger partial charge in [-0.1, -0.05) is 17.7 Å². The normalized spacial score (nSPS) is 11.9. The predicted octanol–water partition coefficient (Wildman–Crippen LogP) is 1.32. The quantitative estimate of drug-likeness (QED) is 0.745. The Labute approximate surface area is 97.2 Å². The molecule has 0 aliphatic heterocycles. The van der Waals surface area contributed by atoms with Crippen LogP contribution in [-0.2, 0) is 4.79 Å². The van der Waals surface area contributed by atoms with E-state index in [1.807, 2.05) is 0 Å². The molecular weight excluding hydrogens is 232 g/mol. The molecule has 0 aliphatic carbocycles. The van der Waals surface area contributed by atoms with Gasteiger partial charge in [-0.3, -0.25) is 4.79 Å². The second-order valence-electron chi connectivity index (χ2n) is 3.25. The van der Waals surface area contributed by atoms with Crippen molar-refractivity contribution >= 4 is 29.2 Å². The van der Waals surface area contributed by atoms with Crippen LogP contribution in [0, 0.1) is 0 Å². The van der Waals surface area contributed by atoms with E-state index >= 15 is 0 Å². The molecule has 0 bridgehead atoms. The Kier molecular flexibility index (Phi) is 3.87. The lowest BCUT2D eigenvalue weighted by atomic mass is 10.1. The van der Waals surface area contributed by atoms with Crippen LogP contribution in [0.4, 0.5) is 5.69 Å². The molecule has 1 atom stereocenters. The number of hydrogen-bond acceptors (Lipinski definition) is 3. The molecule has 0 aromatic heterocycles. The first kappa shape index (κ1) is 12.5. The first-order chi connectivity index (χ1) is 7.43. The van der Waals surface area contributed by atoms with Crippen LogP contribution < -0.4 is 11.1 Å². The van der Waals surface area contributed by atoms with E-state index < -0.39 is 17.9 Å². The average molecular weight is 243 g/mol. The van der Waals surface area contributed by atoms with Crippen LogP contribution >= 0.6 is 11.6 Å². The number of aromatic carboxylic acids is 1. The van der Waals surface area contributed by atoms with Crippen molar-refractivity contribution in [2.24, 2.45) is 5.73 Å². The maximum atomic E-state index is 11.4. The Morgan fingerprint density at radius 1 is 1.50 bits per heavy atom. The van der Waals surface area contributed by atoms with Crippen molar-refractivity contribution < 1.29 is 14.7 Å². The van der Waals surface area contributed by atoms with Crippen molar-refractivity contribution in [2.45, 2.75) is 13.0 Å². The maximum absolute atomic E-state index is 11.4. The van der Waals surface area contributed by atoms with Crippen LogP contribution in [0.1, 0.15) is 17.3 Å². The van der Waals surface area contributed by atoms with Crippen LogP contribution in [-0.4, -0.2) is 23.0 Å². The molecule has 4 N–H and O–H groups in total. The van der Waals surface area contributed by atoms with Crippen molar-refractivity contribution in [3.63, 3.8) is 0 Å². The van der Waals surface area contributed by atoms with E-state index in [1.165, 1.54) is 25.1 Å². The maximum Gasteiger partial charge on any atom is 0.337 e. The monoisotopic (exact) mass is 242 g/mol. The molecule has 0 aliphatic rings. The van der Waals surface area contributed by atoms with Gasteiger partial charge in [0.15, 0.2) is 0 Å². The lowest BCUT2D eigenvalue weighted by Crippen LogP contribution is -2.33. The lowest BCUT2D eigenvalue weighted by molar-refractivity contribution is -0.117. The van der Waals surface area contributed by atoms with E-state index in [0.717, 1.165) is 0 Å². The fourth-order valence-electron chi connectivity index (χ4n) is 1.07. The third-order valence-corrected chi connectivity index (χ3v) is 2.22. The molecular formula is C10H11ClN2O3. The van der Waals surface area contributed by atoms with Gasteiger partial charge in [0, 0.05) is 0 Å². The third-order valence-electron chi connectivity index (χ3n) is 1.91. The van der Waals surface area contributed by atoms with Gasteiger partial charge in [0.1, 0.15) is 0 Å². The zero-order valence-corrected chi connectivity index (χ0v) is 9.28. The zero-order chi connectivity index (χ0) is 12.3. The molecule has 6 heteroatoms. The fourth-order valence-corrected chi connectivity index (χ4v) is 1.29. The number of para-hydroxylation sites is 1. The number of anilines is 1. The molecule has 1 aromatic carbocycles. The first-order valence-corrected chi connectivity index (χ1v) is 4.89. The first-order valence-electron chi connectivity index (χ1n) is 4.51. The summed E-state index contributed by atoms with van der Waals surface area (Å²) in [5.74, 6) is -1.65. The summed E-state index contributed by atoms with van der Waals surface area (Å²) >= 11 is 5.80. The summed E-state index contributed by atoms with van der Waals surface area (Å²) in [7, 11) is 0. The van der Waals surface area contributed by atoms with E-state index in [4.69, 9.17) is 22.4 Å². The molecule has 5 nitrogen and oxygen atoms in total. The van der Waals surface area contributed by atoms with Gasteiger partial charge in [-0.2, -0.15) is 0 Å². The van der Waals surface area contributed by atoms with Crippen molar-refractivity contribution in [1.29, 1.82) is 0 Å². The molecule has 0 saturated carbocycles. The second-order valence-corrected chi connectivity index (χ2v) is 3.65. The molecule has 0 spiro atoms. The van der Waals surface area contributed by atoms with Crippen molar-refractivity contribution in [3.05, 3.63) is 28.8 Å². The number of carbonyl (C=O) groups excluding carboxylic acids is 1. The molecule has 1 rings (SSSR count). The molecule has 0 radical (unpaired) electrons. The highest BCUT2D eigenvalue weighted by atomic mass is 35.5. The highest BCUT2D eigenvalue weighted by Crippen LogP contribution is 2.26. The molecule has 86 valence electrons. The smallest absolute Gasteiger partial charge is 0.337 e. The van der Waals surface area contributed by atoms with Gasteiger partial charge in [0.25, 0.3) is 0 Å². The Morgan fingerprint density at radius 2 is 2.12 bits per heavy atom. The summed E-state index contributed by atoms with van der Waals surface area (Å²) in [5.41, 5.74) is 5.36. The molecule has 1 amide bonds. The average Bonchev–Trinajstić information content (AvgIpc) is 2.20. The van der Waals surface area contributed by atoms with E-state index in [-0.39, 0.29) is 16.3 Å². The number of halogens is 1. The van der Waals surface area contributed by atoms with Gasteiger partial charge in [-0.05, 0) is 19.1 Å². The van der Waals surface area contributed by atoms with Crippen LogP contribution in [0.5, 0.6) is 0 Å². The summed E-state index contributed by atoms with van der Waals surface area (Å²) in [6.07, 6.45) is 0. The van der Waals surface area contributed by atoms with E-state index in [0.29, 0.717) is 0 Å². The highest BCUT2D eigenvalue weighted by molar-refractivity contribution is 6.34. The van der Waals surface area contributed by atoms with Gasteiger partial charge in [-0.15, -0.1) is 0 Å². The van der Waals surface area contributed by atoms with Gasteiger partial charge in [0.05, 0.1) is 22.3 Å². The fraction of sp³-hybridized carbons (Fsp3) is 0.200. The molecule has 1 unspecified atom stereocenters. The minimum Gasteiger partial charge on any atom is -0.478 e. The number of carboxylic acid groups (broad SMARTS) is 1. The Hall–Kier alpha value is -1.59. The molecule has 0 fully saturated rings. The number of hydrogen-bond donors (Lipinski definition) is 3. The van der Waals surface area contributed by atoms with Gasteiger partial charge in [0.2, 0.25) is 5.91 Å². The van der Waals surface area contributed by atoms with Crippen LogP contribution in [0.15, 0.2) is 18.2 Å². The van der Waals surface area contributed by atoms with Gasteiger partial charge < -0.3 is 16.2 Å². The number of carbonyl (C=O) groups is 2. The summed E-state index contributed by atoms with van der Waals surface area (Å²) in [4.78, 5) is 22.2. The SMILES string of the molecule is CC(N)C(=O)Nc1c(Cl)cccc1C(=O)O. The number of rotatable bonds is 3. The van der Waals surface area contributed by atoms with E-state index in [2.05, 4.69) is 5.32 Å². The zero-order valence-electron chi connectivity index (χ0n) is 8.53. The standard InChI is InChI=1S/C10H11ClN2O3/c1-5(12)9(14)13-8-6(10(15)16)3-2-4-7(8)11/h2-5H,12H2,1H3,(H,13,14)(H,15,16). The summed E-state index contributed by atoms with van der Waals surface area (Å²) in [5, 5.41) is 11.4. The Bertz CT molecular complexity index is 432.